The Kier molecular flexibility index (Phi) is 5.83. The standard InChI is InChI=1S/C19H32N2/c1-5-17-7-6-9-21(10-8-17)19(13-20)18-12-15(3)14(2)11-16(18)4/h11-12,17,19H,5-10,13,20H2,1-4H3. The van der Waals surface area contributed by atoms with Crippen LogP contribution < -0.4 is 5.73 Å². The van der Waals surface area contributed by atoms with Crippen molar-refractivity contribution in [2.45, 2.75) is 59.4 Å². The molecule has 2 rings (SSSR count). The summed E-state index contributed by atoms with van der Waals surface area (Å²) in [6.07, 6.45) is 5.36. The maximum Gasteiger partial charge on any atom is 0.0473 e. The summed E-state index contributed by atoms with van der Waals surface area (Å²) in [7, 11) is 0. The molecule has 0 amide bonds. The minimum Gasteiger partial charge on any atom is -0.329 e. The lowest BCUT2D eigenvalue weighted by Crippen LogP contribution is -2.35. The molecular formula is C19H32N2. The lowest BCUT2D eigenvalue weighted by Gasteiger charge is -2.31. The highest BCUT2D eigenvalue weighted by Gasteiger charge is 2.24. The minimum atomic E-state index is 0.389. The maximum atomic E-state index is 6.17. The summed E-state index contributed by atoms with van der Waals surface area (Å²) in [4.78, 5) is 2.63. The first-order valence-corrected chi connectivity index (χ1v) is 8.58. The summed E-state index contributed by atoms with van der Waals surface area (Å²) in [6.45, 7) is 12.1. The summed E-state index contributed by atoms with van der Waals surface area (Å²) in [5, 5.41) is 0. The van der Waals surface area contributed by atoms with Crippen LogP contribution in [-0.2, 0) is 0 Å². The highest BCUT2D eigenvalue weighted by atomic mass is 15.2. The van der Waals surface area contributed by atoms with Crippen LogP contribution in [0.15, 0.2) is 12.1 Å². The normalized spacial score (nSPS) is 22.0. The summed E-state index contributed by atoms with van der Waals surface area (Å²) in [5.41, 5.74) is 11.8. The van der Waals surface area contributed by atoms with Crippen molar-refractivity contribution in [1.82, 2.24) is 4.90 Å². The molecule has 118 valence electrons. The third kappa shape index (κ3) is 3.87. The molecule has 1 fully saturated rings. The highest BCUT2D eigenvalue weighted by Crippen LogP contribution is 2.29. The first-order chi connectivity index (χ1) is 10.1. The molecular weight excluding hydrogens is 256 g/mol. The highest BCUT2D eigenvalue weighted by molar-refractivity contribution is 5.38. The third-order valence-electron chi connectivity index (χ3n) is 5.37. The van der Waals surface area contributed by atoms with Crippen LogP contribution in [-0.4, -0.2) is 24.5 Å². The number of benzene rings is 1. The van der Waals surface area contributed by atoms with Crippen LogP contribution in [0.2, 0.25) is 0 Å². The average Bonchev–Trinajstić information content (AvgIpc) is 2.71. The van der Waals surface area contributed by atoms with E-state index in [1.165, 1.54) is 61.0 Å². The van der Waals surface area contributed by atoms with Gasteiger partial charge in [0.15, 0.2) is 0 Å². The predicted octanol–water partition coefficient (Wildman–Crippen LogP) is 4.12. The van der Waals surface area contributed by atoms with Gasteiger partial charge in [-0.3, -0.25) is 4.90 Å². The van der Waals surface area contributed by atoms with E-state index in [0.717, 1.165) is 12.5 Å². The monoisotopic (exact) mass is 288 g/mol. The van der Waals surface area contributed by atoms with E-state index in [4.69, 9.17) is 5.73 Å². The van der Waals surface area contributed by atoms with E-state index in [9.17, 15) is 0 Å². The van der Waals surface area contributed by atoms with E-state index < -0.39 is 0 Å². The molecule has 0 radical (unpaired) electrons. The minimum absolute atomic E-state index is 0.389. The van der Waals surface area contributed by atoms with Gasteiger partial charge in [0.2, 0.25) is 0 Å². The van der Waals surface area contributed by atoms with Gasteiger partial charge in [0.25, 0.3) is 0 Å². The smallest absolute Gasteiger partial charge is 0.0473 e. The summed E-state index contributed by atoms with van der Waals surface area (Å²) >= 11 is 0. The van der Waals surface area contributed by atoms with E-state index in [0.29, 0.717) is 6.04 Å². The molecule has 2 heteroatoms. The number of hydrogen-bond acceptors (Lipinski definition) is 2. The van der Waals surface area contributed by atoms with Gasteiger partial charge in [-0.15, -0.1) is 0 Å². The quantitative estimate of drug-likeness (QED) is 0.903. The van der Waals surface area contributed by atoms with Crippen LogP contribution in [0.3, 0.4) is 0 Å². The Labute approximate surface area is 130 Å². The first kappa shape index (κ1) is 16.5. The number of likely N-dealkylation sites (tertiary alicyclic amines) is 1. The molecule has 0 aliphatic carbocycles. The van der Waals surface area contributed by atoms with Crippen molar-refractivity contribution in [3.05, 3.63) is 34.4 Å². The Morgan fingerprint density at radius 3 is 2.48 bits per heavy atom. The molecule has 2 nitrogen and oxygen atoms in total. The van der Waals surface area contributed by atoms with Gasteiger partial charge in [-0.2, -0.15) is 0 Å². The second-order valence-corrected chi connectivity index (χ2v) is 6.79. The van der Waals surface area contributed by atoms with Crippen molar-refractivity contribution in [3.8, 4) is 0 Å². The Morgan fingerprint density at radius 1 is 1.10 bits per heavy atom. The van der Waals surface area contributed by atoms with Gasteiger partial charge in [0, 0.05) is 12.6 Å². The molecule has 1 heterocycles. The van der Waals surface area contributed by atoms with Gasteiger partial charge in [-0.25, -0.2) is 0 Å². The fourth-order valence-corrected chi connectivity index (χ4v) is 3.72. The van der Waals surface area contributed by atoms with Crippen molar-refractivity contribution in [2.75, 3.05) is 19.6 Å². The summed E-state index contributed by atoms with van der Waals surface area (Å²) in [6, 6.07) is 5.07. The SMILES string of the molecule is CCC1CCCN(C(CN)c2cc(C)c(C)cc2C)CC1. The van der Waals surface area contributed by atoms with E-state index >= 15 is 0 Å². The lowest BCUT2D eigenvalue weighted by atomic mass is 9.94. The van der Waals surface area contributed by atoms with E-state index in [-0.39, 0.29) is 0 Å². The van der Waals surface area contributed by atoms with Crippen molar-refractivity contribution in [2.24, 2.45) is 11.7 Å². The Morgan fingerprint density at radius 2 is 1.81 bits per heavy atom. The topological polar surface area (TPSA) is 29.3 Å². The maximum absolute atomic E-state index is 6.17. The second kappa shape index (κ2) is 7.42. The molecule has 1 aromatic rings. The molecule has 0 aromatic heterocycles. The zero-order chi connectivity index (χ0) is 15.4. The van der Waals surface area contributed by atoms with Crippen molar-refractivity contribution in [1.29, 1.82) is 0 Å². The largest absolute Gasteiger partial charge is 0.329 e. The van der Waals surface area contributed by atoms with Crippen LogP contribution in [0.4, 0.5) is 0 Å². The summed E-state index contributed by atoms with van der Waals surface area (Å²) in [5.74, 6) is 0.911. The molecule has 2 N–H and O–H groups in total. The fourth-order valence-electron chi connectivity index (χ4n) is 3.72. The van der Waals surface area contributed by atoms with Crippen molar-refractivity contribution < 1.29 is 0 Å². The molecule has 0 saturated carbocycles. The van der Waals surface area contributed by atoms with Gasteiger partial charge in [-0.1, -0.05) is 25.5 Å². The molecule has 21 heavy (non-hydrogen) atoms. The van der Waals surface area contributed by atoms with Crippen LogP contribution in [0.1, 0.15) is 60.9 Å². The van der Waals surface area contributed by atoms with Crippen LogP contribution in [0.5, 0.6) is 0 Å². The van der Waals surface area contributed by atoms with Gasteiger partial charge >= 0.3 is 0 Å². The molecule has 1 aliphatic rings. The van der Waals surface area contributed by atoms with Gasteiger partial charge in [0.1, 0.15) is 0 Å². The molecule has 0 spiro atoms. The lowest BCUT2D eigenvalue weighted by molar-refractivity contribution is 0.206. The Hall–Kier alpha value is -0.860. The fraction of sp³-hybridized carbons (Fsp3) is 0.684. The van der Waals surface area contributed by atoms with Crippen LogP contribution in [0.25, 0.3) is 0 Å². The van der Waals surface area contributed by atoms with E-state index in [1.807, 2.05) is 0 Å². The van der Waals surface area contributed by atoms with Gasteiger partial charge < -0.3 is 5.73 Å². The molecule has 1 aromatic carbocycles. The number of nitrogens with zero attached hydrogens (tertiary/aromatic N) is 1. The van der Waals surface area contributed by atoms with Crippen molar-refractivity contribution >= 4 is 0 Å². The Balaban J connectivity index is 2.21. The number of nitrogens with two attached hydrogens (primary N) is 1. The van der Waals surface area contributed by atoms with Crippen molar-refractivity contribution in [3.63, 3.8) is 0 Å². The van der Waals surface area contributed by atoms with E-state index in [2.05, 4.69) is 44.7 Å². The van der Waals surface area contributed by atoms with Crippen LogP contribution >= 0.6 is 0 Å². The zero-order valence-corrected chi connectivity index (χ0v) is 14.3. The van der Waals surface area contributed by atoms with E-state index in [1.54, 1.807) is 0 Å². The molecule has 2 atom stereocenters. The molecule has 0 bridgehead atoms. The van der Waals surface area contributed by atoms with Crippen LogP contribution in [0, 0.1) is 26.7 Å². The Bertz CT molecular complexity index is 467. The third-order valence-corrected chi connectivity index (χ3v) is 5.37. The first-order valence-electron chi connectivity index (χ1n) is 8.58. The predicted molar refractivity (Wildman–Crippen MR) is 91.7 cm³/mol. The zero-order valence-electron chi connectivity index (χ0n) is 14.3. The average molecular weight is 288 g/mol. The number of hydrogen-bond donors (Lipinski definition) is 1. The molecule has 2 unspecified atom stereocenters. The van der Waals surface area contributed by atoms with Gasteiger partial charge in [-0.05, 0) is 81.3 Å². The number of rotatable bonds is 4. The molecule has 1 aliphatic heterocycles. The number of aryl methyl sites for hydroxylation is 3. The van der Waals surface area contributed by atoms with Gasteiger partial charge in [0.05, 0.1) is 0 Å². The molecule has 1 saturated heterocycles. The second-order valence-electron chi connectivity index (χ2n) is 6.79. The summed E-state index contributed by atoms with van der Waals surface area (Å²) < 4.78 is 0.